The van der Waals surface area contributed by atoms with E-state index in [9.17, 15) is 30.0 Å². The molecule has 1 rings (SSSR count). The number of benzene rings is 1. The average molecular weight is 323 g/mol. The quantitative estimate of drug-likeness (QED) is 0.853. The van der Waals surface area contributed by atoms with Crippen LogP contribution in [0.3, 0.4) is 0 Å². The lowest BCUT2D eigenvalue weighted by atomic mass is 10.4. The van der Waals surface area contributed by atoms with Crippen LogP contribution in [0.15, 0.2) is 29.2 Å². The molecule has 0 aromatic heterocycles. The van der Waals surface area contributed by atoms with Crippen LogP contribution < -0.4 is 0 Å². The molecule has 0 heterocycles. The van der Waals surface area contributed by atoms with E-state index < -0.39 is 35.2 Å². The van der Waals surface area contributed by atoms with E-state index in [1.165, 1.54) is 0 Å². The van der Waals surface area contributed by atoms with Crippen LogP contribution in [-0.2, 0) is 19.7 Å². The molecule has 1 aromatic rings. The molecule has 0 spiro atoms. The lowest BCUT2D eigenvalue weighted by Gasteiger charge is -2.08. The highest BCUT2D eigenvalue weighted by Crippen LogP contribution is 2.27. The monoisotopic (exact) mass is 322 g/mol. The van der Waals surface area contributed by atoms with Crippen LogP contribution >= 0.6 is 11.6 Å². The van der Waals surface area contributed by atoms with E-state index in [4.69, 9.17) is 11.6 Å². The molecule has 4 nitrogen and oxygen atoms in total. The van der Waals surface area contributed by atoms with Gasteiger partial charge in [-0.2, -0.15) is 13.2 Å². The van der Waals surface area contributed by atoms with E-state index in [0.717, 1.165) is 24.3 Å². The Morgan fingerprint density at radius 3 is 1.83 bits per heavy atom. The van der Waals surface area contributed by atoms with Gasteiger partial charge in [0, 0.05) is 5.02 Å². The zero-order chi connectivity index (χ0) is 14.2. The molecule has 0 aliphatic heterocycles. The Bertz CT molecular complexity index is 632. The molecular weight excluding hydrogens is 317 g/mol. The van der Waals surface area contributed by atoms with E-state index in [1.807, 2.05) is 0 Å². The summed E-state index contributed by atoms with van der Waals surface area (Å²) < 4.78 is 80.7. The minimum absolute atomic E-state index is 0.174. The van der Waals surface area contributed by atoms with Gasteiger partial charge in [-0.05, 0) is 24.3 Å². The summed E-state index contributed by atoms with van der Waals surface area (Å²) in [4.78, 5) is -0.542. The molecule has 0 aliphatic carbocycles. The Labute approximate surface area is 106 Å². The van der Waals surface area contributed by atoms with Crippen molar-refractivity contribution in [3.8, 4) is 0 Å². The first-order valence-electron chi connectivity index (χ1n) is 4.23. The molecule has 0 amide bonds. The van der Waals surface area contributed by atoms with Gasteiger partial charge < -0.3 is 0 Å². The molecule has 0 radical (unpaired) electrons. The molecule has 0 saturated heterocycles. The summed E-state index contributed by atoms with van der Waals surface area (Å²) in [6.45, 7) is 0. The van der Waals surface area contributed by atoms with Crippen LogP contribution in [-0.4, -0.2) is 27.4 Å². The Kier molecular flexibility index (Phi) is 3.99. The summed E-state index contributed by atoms with van der Waals surface area (Å²) in [6.07, 6.45) is 0. The fourth-order valence-electron chi connectivity index (χ4n) is 0.981. The average Bonchev–Trinajstić information content (AvgIpc) is 2.14. The smallest absolute Gasteiger partial charge is 0.223 e. The van der Waals surface area contributed by atoms with Crippen LogP contribution in [0, 0.1) is 0 Å². The van der Waals surface area contributed by atoms with Gasteiger partial charge >= 0.3 is 5.51 Å². The third-order valence-electron chi connectivity index (χ3n) is 1.84. The summed E-state index contributed by atoms with van der Waals surface area (Å²) in [5.41, 5.74) is -5.60. The molecule has 0 bridgehead atoms. The summed E-state index contributed by atoms with van der Waals surface area (Å²) in [5, 5.41) is -1.85. The molecule has 0 saturated carbocycles. The van der Waals surface area contributed by atoms with Crippen molar-refractivity contribution in [1.82, 2.24) is 0 Å². The van der Waals surface area contributed by atoms with Crippen LogP contribution in [0.4, 0.5) is 13.2 Å². The van der Waals surface area contributed by atoms with E-state index in [2.05, 4.69) is 0 Å². The fraction of sp³-hybridized carbons (Fsp3) is 0.250. The number of rotatable bonds is 3. The maximum Gasteiger partial charge on any atom is 0.498 e. The molecule has 18 heavy (non-hydrogen) atoms. The van der Waals surface area contributed by atoms with E-state index in [1.54, 1.807) is 0 Å². The highest BCUT2D eigenvalue weighted by Gasteiger charge is 2.48. The normalized spacial score (nSPS) is 13.6. The van der Waals surface area contributed by atoms with Crippen molar-refractivity contribution in [3.63, 3.8) is 0 Å². The molecule has 10 heteroatoms. The molecule has 0 N–H and O–H groups in total. The highest BCUT2D eigenvalue weighted by atomic mass is 35.5. The zero-order valence-corrected chi connectivity index (χ0v) is 10.9. The SMILES string of the molecule is O=S(=O)(CS(=O)(=O)C(F)(F)F)c1ccc(Cl)cc1. The topological polar surface area (TPSA) is 68.3 Å². The minimum atomic E-state index is -5.73. The van der Waals surface area contributed by atoms with Crippen molar-refractivity contribution < 1.29 is 30.0 Å². The van der Waals surface area contributed by atoms with Gasteiger partial charge in [-0.1, -0.05) is 11.6 Å². The molecule has 0 aliphatic rings. The Balaban J connectivity index is 3.15. The van der Waals surface area contributed by atoms with Gasteiger partial charge in [0.2, 0.25) is 0 Å². The summed E-state index contributed by atoms with van der Waals surface area (Å²) in [7, 11) is -10.3. The summed E-state index contributed by atoms with van der Waals surface area (Å²) in [6, 6.07) is 4.14. The van der Waals surface area contributed by atoms with Crippen molar-refractivity contribution in [3.05, 3.63) is 29.3 Å². The van der Waals surface area contributed by atoms with Crippen molar-refractivity contribution in [1.29, 1.82) is 0 Å². The number of hydrogen-bond acceptors (Lipinski definition) is 4. The molecule has 1 aromatic carbocycles. The van der Waals surface area contributed by atoms with Crippen molar-refractivity contribution in [2.45, 2.75) is 10.4 Å². The van der Waals surface area contributed by atoms with Crippen LogP contribution in [0.25, 0.3) is 0 Å². The minimum Gasteiger partial charge on any atom is -0.223 e. The Morgan fingerprint density at radius 1 is 1.00 bits per heavy atom. The van der Waals surface area contributed by atoms with Crippen LogP contribution in [0.2, 0.25) is 5.02 Å². The number of halogens is 4. The first-order chi connectivity index (χ1) is 7.96. The maximum atomic E-state index is 12.1. The Morgan fingerprint density at radius 2 is 1.44 bits per heavy atom. The van der Waals surface area contributed by atoms with Crippen LogP contribution in [0.1, 0.15) is 0 Å². The van der Waals surface area contributed by atoms with E-state index in [-0.39, 0.29) is 5.02 Å². The van der Waals surface area contributed by atoms with E-state index in [0.29, 0.717) is 0 Å². The van der Waals surface area contributed by atoms with Crippen molar-refractivity contribution in [2.75, 3.05) is 5.08 Å². The van der Waals surface area contributed by atoms with Crippen molar-refractivity contribution >= 4 is 31.3 Å². The first kappa shape index (κ1) is 15.3. The molecule has 0 fully saturated rings. The second-order valence-electron chi connectivity index (χ2n) is 3.25. The number of alkyl halides is 3. The van der Waals surface area contributed by atoms with Gasteiger partial charge in [-0.3, -0.25) is 0 Å². The standard InChI is InChI=1S/C8H6ClF3O4S2/c9-6-1-3-7(4-2-6)17(13,14)5-18(15,16)8(10,11)12/h1-4H,5H2. The van der Waals surface area contributed by atoms with Crippen molar-refractivity contribution in [2.24, 2.45) is 0 Å². The maximum absolute atomic E-state index is 12.1. The third-order valence-corrected chi connectivity index (χ3v) is 6.27. The van der Waals surface area contributed by atoms with Gasteiger partial charge in [-0.15, -0.1) is 0 Å². The second-order valence-corrected chi connectivity index (χ2v) is 8.02. The van der Waals surface area contributed by atoms with Gasteiger partial charge in [-0.25, -0.2) is 16.8 Å². The summed E-state index contributed by atoms with van der Waals surface area (Å²) in [5.74, 6) is 0. The first-order valence-corrected chi connectivity index (χ1v) is 7.91. The zero-order valence-electron chi connectivity index (χ0n) is 8.48. The van der Waals surface area contributed by atoms with Gasteiger partial charge in [0.05, 0.1) is 4.90 Å². The largest absolute Gasteiger partial charge is 0.498 e. The number of hydrogen-bond donors (Lipinski definition) is 0. The number of sulfone groups is 2. The molecule has 102 valence electrons. The van der Waals surface area contributed by atoms with Gasteiger partial charge in [0.1, 0.15) is 0 Å². The predicted octanol–water partition coefficient (Wildman–Crippen LogP) is 2.01. The molecular formula is C8H6ClF3O4S2. The second kappa shape index (κ2) is 4.71. The van der Waals surface area contributed by atoms with Gasteiger partial charge in [0.15, 0.2) is 14.9 Å². The molecule has 0 atom stereocenters. The lowest BCUT2D eigenvalue weighted by molar-refractivity contribution is -0.0431. The Hall–Kier alpha value is -0.800. The lowest BCUT2D eigenvalue weighted by Crippen LogP contribution is -2.30. The van der Waals surface area contributed by atoms with Crippen LogP contribution in [0.5, 0.6) is 0 Å². The summed E-state index contributed by atoms with van der Waals surface area (Å²) >= 11 is 5.47. The molecule has 0 unspecified atom stereocenters. The van der Waals surface area contributed by atoms with Gasteiger partial charge in [0.25, 0.3) is 9.84 Å². The predicted molar refractivity (Wildman–Crippen MR) is 58.5 cm³/mol. The van der Waals surface area contributed by atoms with E-state index >= 15 is 0 Å². The highest BCUT2D eigenvalue weighted by molar-refractivity contribution is 8.08. The third kappa shape index (κ3) is 3.36. The fourth-order valence-corrected chi connectivity index (χ4v) is 4.37.